The number of fused-ring (bicyclic) bond motifs is 4. The molecule has 2 heterocycles. The fourth-order valence-electron chi connectivity index (χ4n) is 7.66. The number of ether oxygens (including phenoxy) is 4. The van der Waals surface area contributed by atoms with Gasteiger partial charge in [-0.25, -0.2) is 13.8 Å². The number of methoxy groups -OCH3 is 2. The van der Waals surface area contributed by atoms with E-state index in [0.29, 0.717) is 60.7 Å². The summed E-state index contributed by atoms with van der Waals surface area (Å²) in [5.41, 5.74) is 6.28. The predicted molar refractivity (Wildman–Crippen MR) is 209 cm³/mol. The Morgan fingerprint density at radius 1 is 0.849 bits per heavy atom. The van der Waals surface area contributed by atoms with Crippen molar-refractivity contribution in [3.8, 4) is 40.0 Å². The van der Waals surface area contributed by atoms with Gasteiger partial charge in [0.05, 0.1) is 18.1 Å². The van der Waals surface area contributed by atoms with Crippen molar-refractivity contribution in [3.63, 3.8) is 0 Å². The Bertz CT molecular complexity index is 2360. The molecule has 8 nitrogen and oxygen atoms in total. The Labute approximate surface area is 314 Å². The molecule has 12 heteroatoms. The molecular formula is C41H43ClF2N4O4Si. The molecule has 6 rings (SSSR count). The molecule has 53 heavy (non-hydrogen) atoms. The smallest absolute Gasteiger partial charge is 0.226 e. The number of benzene rings is 4. The Balaban J connectivity index is 1.66. The second-order valence-corrected chi connectivity index (χ2v) is 20.0. The molecule has 0 N–H and O–H groups in total. The molecule has 0 atom stereocenters. The normalized spacial score (nSPS) is 12.0. The first kappa shape index (κ1) is 38.0. The zero-order chi connectivity index (χ0) is 38.2. The van der Waals surface area contributed by atoms with E-state index in [0.717, 1.165) is 5.56 Å². The van der Waals surface area contributed by atoms with Gasteiger partial charge in [-0.1, -0.05) is 65.7 Å². The zero-order valence-electron chi connectivity index (χ0n) is 31.4. The van der Waals surface area contributed by atoms with Crippen molar-refractivity contribution in [2.75, 3.05) is 21.0 Å². The van der Waals surface area contributed by atoms with Gasteiger partial charge in [0.15, 0.2) is 12.6 Å². The summed E-state index contributed by atoms with van der Waals surface area (Å²) >= 11 is 6.45. The number of halogens is 3. The highest BCUT2D eigenvalue weighted by molar-refractivity contribution is 6.90. The van der Waals surface area contributed by atoms with Crippen LogP contribution < -0.4 is 14.2 Å². The van der Waals surface area contributed by atoms with Gasteiger partial charge in [-0.15, -0.1) is 5.54 Å². The van der Waals surface area contributed by atoms with Crippen molar-refractivity contribution in [1.29, 1.82) is 0 Å². The quantitative estimate of drug-likeness (QED) is 0.0563. The summed E-state index contributed by atoms with van der Waals surface area (Å²) in [4.78, 5) is 8.75. The number of hydrogen-bond acceptors (Lipinski definition) is 7. The van der Waals surface area contributed by atoms with Gasteiger partial charge in [-0.2, -0.15) is 10.1 Å². The van der Waals surface area contributed by atoms with Crippen LogP contribution in [0.4, 0.5) is 8.78 Å². The fraction of sp³-hybridized carbons (Fsp3) is 0.341. The molecule has 2 aromatic heterocycles. The molecule has 6 aromatic rings. The lowest BCUT2D eigenvalue weighted by Gasteiger charge is -2.38. The minimum atomic E-state index is -2.29. The molecule has 0 saturated carbocycles. The van der Waals surface area contributed by atoms with E-state index in [-0.39, 0.29) is 41.2 Å². The average Bonchev–Trinajstić information content (AvgIpc) is 3.50. The van der Waals surface area contributed by atoms with Crippen LogP contribution in [0, 0.1) is 23.1 Å². The SMILES string of the molecule is COCOc1cc(-c2c(F)c3nc(Cl)nc(OCc4ccc(OC)cc4)c3c3cn(C)nc23)c2c(C#C[Si](C(C)C)(C(C)C)C(C)C)c(F)ccc2c1. The standard InChI is InChI=1S/C41H43ClF2N4O4Si/c1-23(2)53(24(3)4,25(5)6)17-16-30-33(43)15-12-27-18-29(52-22-49-8)19-31(34(27)30)35-37(44)39-36(32-20-48(7)47-38(32)35)40(46-41(42)45-39)51-21-26-10-13-28(50-9)14-11-26/h10-15,18-20,23-25H,21-22H2,1-9H3. The second kappa shape index (κ2) is 15.3. The molecule has 0 fully saturated rings. The first-order valence-corrected chi connectivity index (χ1v) is 20.1. The maximum atomic E-state index is 17.5. The molecule has 0 amide bonds. The van der Waals surface area contributed by atoms with Crippen LogP contribution in [0.5, 0.6) is 17.4 Å². The minimum absolute atomic E-state index is 0.0545. The summed E-state index contributed by atoms with van der Waals surface area (Å²) in [6.45, 7) is 13.3. The van der Waals surface area contributed by atoms with E-state index in [1.807, 2.05) is 24.3 Å². The maximum Gasteiger partial charge on any atom is 0.226 e. The van der Waals surface area contributed by atoms with Gasteiger partial charge < -0.3 is 18.9 Å². The average molecular weight is 757 g/mol. The van der Waals surface area contributed by atoms with Crippen LogP contribution in [-0.2, 0) is 18.4 Å². The van der Waals surface area contributed by atoms with Crippen LogP contribution >= 0.6 is 11.6 Å². The highest BCUT2D eigenvalue weighted by atomic mass is 35.5. The van der Waals surface area contributed by atoms with E-state index in [1.54, 1.807) is 43.2 Å². The first-order valence-electron chi connectivity index (χ1n) is 17.5. The molecule has 0 aliphatic carbocycles. The summed E-state index contributed by atoms with van der Waals surface area (Å²) in [5.74, 6) is 3.29. The van der Waals surface area contributed by atoms with E-state index in [4.69, 9.17) is 35.6 Å². The topological polar surface area (TPSA) is 80.5 Å². The predicted octanol–water partition coefficient (Wildman–Crippen LogP) is 10.4. The van der Waals surface area contributed by atoms with Gasteiger partial charge in [0.1, 0.15) is 43.0 Å². The van der Waals surface area contributed by atoms with Crippen LogP contribution in [0.3, 0.4) is 0 Å². The van der Waals surface area contributed by atoms with Crippen LogP contribution in [0.1, 0.15) is 52.7 Å². The lowest BCUT2D eigenvalue weighted by molar-refractivity contribution is 0.0512. The Morgan fingerprint density at radius 2 is 1.55 bits per heavy atom. The summed E-state index contributed by atoms with van der Waals surface area (Å²) in [7, 11) is 2.55. The molecule has 0 spiro atoms. The van der Waals surface area contributed by atoms with Crippen LogP contribution in [0.25, 0.3) is 43.7 Å². The van der Waals surface area contributed by atoms with Gasteiger partial charge >= 0.3 is 0 Å². The number of hydrogen-bond donors (Lipinski definition) is 0. The van der Waals surface area contributed by atoms with Crippen molar-refractivity contribution in [2.24, 2.45) is 7.05 Å². The molecule has 0 aliphatic rings. The fourth-order valence-corrected chi connectivity index (χ4v) is 13.0. The number of aromatic nitrogens is 4. The van der Waals surface area contributed by atoms with Gasteiger partial charge in [0.25, 0.3) is 0 Å². The monoisotopic (exact) mass is 756 g/mol. The van der Waals surface area contributed by atoms with Crippen molar-refractivity contribution >= 4 is 52.3 Å². The first-order chi connectivity index (χ1) is 25.3. The van der Waals surface area contributed by atoms with Gasteiger partial charge in [0, 0.05) is 36.7 Å². The van der Waals surface area contributed by atoms with Crippen LogP contribution in [-0.4, -0.2) is 48.8 Å². The molecular weight excluding hydrogens is 714 g/mol. The third kappa shape index (κ3) is 7.03. The summed E-state index contributed by atoms with van der Waals surface area (Å²) in [6, 6.07) is 13.9. The molecule has 276 valence electrons. The zero-order valence-corrected chi connectivity index (χ0v) is 33.2. The third-order valence-corrected chi connectivity index (χ3v) is 16.5. The van der Waals surface area contributed by atoms with Gasteiger partial charge in [0.2, 0.25) is 11.2 Å². The molecule has 0 aliphatic heterocycles. The van der Waals surface area contributed by atoms with Crippen LogP contribution in [0.2, 0.25) is 21.9 Å². The lowest BCUT2D eigenvalue weighted by Crippen LogP contribution is -2.43. The Kier molecular flexibility index (Phi) is 11.0. The number of rotatable bonds is 11. The number of nitrogens with zero attached hydrogens (tertiary/aromatic N) is 4. The maximum absolute atomic E-state index is 17.5. The van der Waals surface area contributed by atoms with E-state index < -0.39 is 19.7 Å². The molecule has 0 saturated heterocycles. The molecule has 0 bridgehead atoms. The van der Waals surface area contributed by atoms with Crippen molar-refractivity contribution in [3.05, 3.63) is 82.8 Å². The highest BCUT2D eigenvalue weighted by Gasteiger charge is 2.42. The van der Waals surface area contributed by atoms with E-state index >= 15 is 8.78 Å². The molecule has 4 aromatic carbocycles. The van der Waals surface area contributed by atoms with Crippen molar-refractivity contribution in [1.82, 2.24) is 19.7 Å². The van der Waals surface area contributed by atoms with Crippen molar-refractivity contribution < 1.29 is 27.7 Å². The van der Waals surface area contributed by atoms with Gasteiger partial charge in [-0.3, -0.25) is 4.68 Å². The molecule has 0 unspecified atom stereocenters. The minimum Gasteiger partial charge on any atom is -0.497 e. The van der Waals surface area contributed by atoms with E-state index in [2.05, 4.69) is 63.0 Å². The summed E-state index contributed by atoms with van der Waals surface area (Å²) in [6.07, 6.45) is 1.75. The van der Waals surface area contributed by atoms with E-state index in [1.165, 1.54) is 13.2 Å². The largest absolute Gasteiger partial charge is 0.497 e. The Morgan fingerprint density at radius 3 is 2.19 bits per heavy atom. The van der Waals surface area contributed by atoms with E-state index in [9.17, 15) is 0 Å². The Hall–Kier alpha value is -4.76. The summed E-state index contributed by atoms with van der Waals surface area (Å²) < 4.78 is 57.9. The van der Waals surface area contributed by atoms with Crippen LogP contribution in [0.15, 0.2) is 54.7 Å². The van der Waals surface area contributed by atoms with Crippen molar-refractivity contribution in [2.45, 2.75) is 64.8 Å². The molecule has 0 radical (unpaired) electrons. The lowest BCUT2D eigenvalue weighted by atomic mass is 9.91. The number of aryl methyl sites for hydroxylation is 1. The third-order valence-electron chi connectivity index (χ3n) is 10.1. The summed E-state index contributed by atoms with van der Waals surface area (Å²) in [5, 5.41) is 6.40. The van der Waals surface area contributed by atoms with Gasteiger partial charge in [-0.05, 0) is 75.1 Å². The highest BCUT2D eigenvalue weighted by Crippen LogP contribution is 2.45. The second-order valence-electron chi connectivity index (χ2n) is 14.1.